The largest absolute Gasteiger partial charge is 0.349 e. The fraction of sp³-hybridized carbons (Fsp3) is 0.250. The smallest absolute Gasteiger partial charge is 0.321 e. The summed E-state index contributed by atoms with van der Waals surface area (Å²) in [5.74, 6) is -0.0408. The molecule has 1 saturated heterocycles. The van der Waals surface area contributed by atoms with E-state index in [4.69, 9.17) is 0 Å². The Hall–Kier alpha value is -2.93. The van der Waals surface area contributed by atoms with Crippen LogP contribution >= 0.6 is 11.3 Å². The van der Waals surface area contributed by atoms with Gasteiger partial charge in [-0.1, -0.05) is 18.2 Å². The molecule has 0 radical (unpaired) electrons. The molecule has 7 heteroatoms. The van der Waals surface area contributed by atoms with E-state index in [1.807, 2.05) is 47.2 Å². The first kappa shape index (κ1) is 17.5. The number of carbonyl (C=O) groups is 2. The molecule has 138 valence electrons. The Morgan fingerprint density at radius 2 is 1.93 bits per heavy atom. The molecule has 0 saturated carbocycles. The van der Waals surface area contributed by atoms with Gasteiger partial charge in [0.05, 0.1) is 11.2 Å². The highest BCUT2D eigenvalue weighted by molar-refractivity contribution is 7.08. The molecule has 1 aromatic carbocycles. The SMILES string of the molecule is O=C(NC1CCN(C(=O)Nc2cccc3cccnc23)CC1)c1ccsc1. The van der Waals surface area contributed by atoms with Gasteiger partial charge in [0, 0.05) is 41.7 Å². The molecule has 0 aliphatic carbocycles. The van der Waals surface area contributed by atoms with Gasteiger partial charge in [-0.05, 0) is 36.4 Å². The molecule has 3 amide bonds. The molecule has 2 N–H and O–H groups in total. The Balaban J connectivity index is 1.34. The van der Waals surface area contributed by atoms with E-state index in [1.165, 1.54) is 11.3 Å². The van der Waals surface area contributed by atoms with E-state index >= 15 is 0 Å². The maximum atomic E-state index is 12.6. The van der Waals surface area contributed by atoms with Crippen molar-refractivity contribution in [2.75, 3.05) is 18.4 Å². The summed E-state index contributed by atoms with van der Waals surface area (Å²) in [5, 5.41) is 10.8. The van der Waals surface area contributed by atoms with E-state index in [-0.39, 0.29) is 18.0 Å². The van der Waals surface area contributed by atoms with Gasteiger partial charge in [0.15, 0.2) is 0 Å². The number of piperidine rings is 1. The van der Waals surface area contributed by atoms with Crippen LogP contribution in [0.3, 0.4) is 0 Å². The highest BCUT2D eigenvalue weighted by atomic mass is 32.1. The number of para-hydroxylation sites is 1. The Bertz CT molecular complexity index is 944. The number of rotatable bonds is 3. The lowest BCUT2D eigenvalue weighted by Crippen LogP contribution is -2.47. The van der Waals surface area contributed by atoms with Crippen molar-refractivity contribution >= 4 is 39.9 Å². The van der Waals surface area contributed by atoms with Crippen molar-refractivity contribution in [1.29, 1.82) is 0 Å². The van der Waals surface area contributed by atoms with Crippen LogP contribution in [-0.4, -0.2) is 41.0 Å². The fourth-order valence-electron chi connectivity index (χ4n) is 3.29. The molecule has 3 heterocycles. The van der Waals surface area contributed by atoms with Crippen LogP contribution in [0.5, 0.6) is 0 Å². The third-order valence-electron chi connectivity index (χ3n) is 4.78. The molecule has 6 nitrogen and oxygen atoms in total. The topological polar surface area (TPSA) is 74.3 Å². The number of anilines is 1. The van der Waals surface area contributed by atoms with Crippen LogP contribution < -0.4 is 10.6 Å². The van der Waals surface area contributed by atoms with Gasteiger partial charge >= 0.3 is 6.03 Å². The number of carbonyl (C=O) groups excluding carboxylic acids is 2. The number of nitrogens with one attached hydrogen (secondary N) is 2. The van der Waals surface area contributed by atoms with Crippen LogP contribution in [0.1, 0.15) is 23.2 Å². The third-order valence-corrected chi connectivity index (χ3v) is 5.46. The number of likely N-dealkylation sites (tertiary alicyclic amines) is 1. The normalized spacial score (nSPS) is 14.9. The quantitative estimate of drug-likeness (QED) is 0.727. The first-order chi connectivity index (χ1) is 13.2. The summed E-state index contributed by atoms with van der Waals surface area (Å²) in [4.78, 5) is 30.9. The summed E-state index contributed by atoms with van der Waals surface area (Å²) in [6, 6.07) is 11.4. The number of amides is 3. The predicted octanol–water partition coefficient (Wildman–Crippen LogP) is 3.72. The minimum atomic E-state index is -0.129. The average molecular weight is 380 g/mol. The average Bonchev–Trinajstić information content (AvgIpc) is 3.24. The number of pyridine rings is 1. The summed E-state index contributed by atoms with van der Waals surface area (Å²) in [5.41, 5.74) is 2.20. The maximum absolute atomic E-state index is 12.6. The van der Waals surface area contributed by atoms with Gasteiger partial charge in [-0.15, -0.1) is 0 Å². The summed E-state index contributed by atoms with van der Waals surface area (Å²) in [6.07, 6.45) is 3.22. The molecule has 1 aliphatic heterocycles. The summed E-state index contributed by atoms with van der Waals surface area (Å²) < 4.78 is 0. The number of hydrogen-bond acceptors (Lipinski definition) is 4. The first-order valence-electron chi connectivity index (χ1n) is 8.93. The molecule has 27 heavy (non-hydrogen) atoms. The van der Waals surface area contributed by atoms with E-state index < -0.39 is 0 Å². The van der Waals surface area contributed by atoms with Crippen molar-refractivity contribution in [3.63, 3.8) is 0 Å². The molecule has 0 atom stereocenters. The molecule has 0 spiro atoms. The van der Waals surface area contributed by atoms with Crippen LogP contribution in [0, 0.1) is 0 Å². The summed E-state index contributed by atoms with van der Waals surface area (Å²) in [7, 11) is 0. The van der Waals surface area contributed by atoms with Gasteiger partial charge in [-0.3, -0.25) is 9.78 Å². The van der Waals surface area contributed by atoms with Gasteiger partial charge < -0.3 is 15.5 Å². The van der Waals surface area contributed by atoms with Crippen molar-refractivity contribution in [2.24, 2.45) is 0 Å². The number of aromatic nitrogens is 1. The van der Waals surface area contributed by atoms with Gasteiger partial charge in [0.1, 0.15) is 0 Å². The lowest BCUT2D eigenvalue weighted by atomic mass is 10.0. The van der Waals surface area contributed by atoms with Crippen molar-refractivity contribution < 1.29 is 9.59 Å². The van der Waals surface area contributed by atoms with Crippen molar-refractivity contribution in [3.05, 3.63) is 58.9 Å². The molecule has 2 aromatic heterocycles. The van der Waals surface area contributed by atoms with Crippen LogP contribution in [0.15, 0.2) is 53.4 Å². The fourth-order valence-corrected chi connectivity index (χ4v) is 3.92. The second-order valence-corrected chi connectivity index (χ2v) is 7.34. The zero-order chi connectivity index (χ0) is 18.6. The first-order valence-corrected chi connectivity index (χ1v) is 9.88. The Morgan fingerprint density at radius 3 is 2.70 bits per heavy atom. The summed E-state index contributed by atoms with van der Waals surface area (Å²) in [6.45, 7) is 1.22. The predicted molar refractivity (Wildman–Crippen MR) is 107 cm³/mol. The van der Waals surface area contributed by atoms with Crippen LogP contribution in [0.2, 0.25) is 0 Å². The third kappa shape index (κ3) is 3.93. The van der Waals surface area contributed by atoms with E-state index in [0.29, 0.717) is 24.3 Å². The number of nitrogens with zero attached hydrogens (tertiary/aromatic N) is 2. The Morgan fingerprint density at radius 1 is 1.11 bits per heavy atom. The van der Waals surface area contributed by atoms with Gasteiger partial charge in [-0.2, -0.15) is 11.3 Å². The molecular formula is C20H20N4O2S. The highest BCUT2D eigenvalue weighted by Gasteiger charge is 2.24. The molecule has 0 unspecified atom stereocenters. The van der Waals surface area contributed by atoms with Crippen LogP contribution in [0.4, 0.5) is 10.5 Å². The van der Waals surface area contributed by atoms with E-state index in [0.717, 1.165) is 23.7 Å². The number of hydrogen-bond donors (Lipinski definition) is 2. The number of benzene rings is 1. The minimum Gasteiger partial charge on any atom is -0.349 e. The molecule has 1 fully saturated rings. The Labute approximate surface area is 161 Å². The second kappa shape index (κ2) is 7.75. The van der Waals surface area contributed by atoms with E-state index in [9.17, 15) is 9.59 Å². The molecule has 4 rings (SSSR count). The number of urea groups is 1. The lowest BCUT2D eigenvalue weighted by Gasteiger charge is -2.32. The zero-order valence-electron chi connectivity index (χ0n) is 14.7. The van der Waals surface area contributed by atoms with Crippen molar-refractivity contribution in [2.45, 2.75) is 18.9 Å². The highest BCUT2D eigenvalue weighted by Crippen LogP contribution is 2.21. The van der Waals surface area contributed by atoms with E-state index in [1.54, 1.807) is 11.1 Å². The standard InChI is InChI=1S/C20H20N4O2S/c25-19(15-8-12-27-13-15)22-16-6-10-24(11-7-16)20(26)23-17-5-1-3-14-4-2-9-21-18(14)17/h1-5,8-9,12-13,16H,6-7,10-11H2,(H,22,25)(H,23,26). The van der Waals surface area contributed by atoms with Crippen LogP contribution in [0.25, 0.3) is 10.9 Å². The molecule has 3 aromatic rings. The van der Waals surface area contributed by atoms with Gasteiger partial charge in [0.25, 0.3) is 5.91 Å². The van der Waals surface area contributed by atoms with Crippen molar-refractivity contribution in [3.8, 4) is 0 Å². The molecular weight excluding hydrogens is 360 g/mol. The van der Waals surface area contributed by atoms with E-state index in [2.05, 4.69) is 15.6 Å². The molecule has 1 aliphatic rings. The molecule has 0 bridgehead atoms. The monoisotopic (exact) mass is 380 g/mol. The lowest BCUT2D eigenvalue weighted by molar-refractivity contribution is 0.0919. The maximum Gasteiger partial charge on any atom is 0.321 e. The Kier molecular flexibility index (Phi) is 5.02. The minimum absolute atomic E-state index is 0.0408. The number of fused-ring (bicyclic) bond motifs is 1. The second-order valence-electron chi connectivity index (χ2n) is 6.56. The summed E-state index contributed by atoms with van der Waals surface area (Å²) >= 11 is 1.51. The zero-order valence-corrected chi connectivity index (χ0v) is 15.5. The van der Waals surface area contributed by atoms with Gasteiger partial charge in [-0.25, -0.2) is 4.79 Å². The van der Waals surface area contributed by atoms with Gasteiger partial charge in [0.2, 0.25) is 0 Å². The van der Waals surface area contributed by atoms with Crippen LogP contribution in [-0.2, 0) is 0 Å². The van der Waals surface area contributed by atoms with Crippen molar-refractivity contribution in [1.82, 2.24) is 15.2 Å². The number of thiophene rings is 1.